The zero-order chi connectivity index (χ0) is 12.5. The summed E-state index contributed by atoms with van der Waals surface area (Å²) in [4.78, 5) is 4.04. The first-order chi connectivity index (χ1) is 8.00. The van der Waals surface area contributed by atoms with Crippen LogP contribution in [0.1, 0.15) is 19.8 Å². The first-order valence-corrected chi connectivity index (χ1v) is 7.43. The first-order valence-electron chi connectivity index (χ1n) is 5.62. The Balaban J connectivity index is 2.26. The highest BCUT2D eigenvalue weighted by Crippen LogP contribution is 2.23. The van der Waals surface area contributed by atoms with Gasteiger partial charge in [0.15, 0.2) is 0 Å². The van der Waals surface area contributed by atoms with E-state index >= 15 is 0 Å². The second-order valence-electron chi connectivity index (χ2n) is 4.43. The van der Waals surface area contributed by atoms with Crippen LogP contribution in [-0.2, 0) is 10.0 Å². The maximum absolute atomic E-state index is 12.3. The van der Waals surface area contributed by atoms with Gasteiger partial charge in [-0.25, -0.2) is 13.4 Å². The van der Waals surface area contributed by atoms with E-state index in [-0.39, 0.29) is 4.90 Å². The monoisotopic (exact) mass is 274 g/mol. The van der Waals surface area contributed by atoms with E-state index in [2.05, 4.69) is 11.9 Å². The fourth-order valence-corrected chi connectivity index (χ4v) is 3.68. The lowest BCUT2D eigenvalue weighted by Gasteiger charge is -2.29. The van der Waals surface area contributed by atoms with E-state index in [4.69, 9.17) is 11.6 Å². The number of hydrogen-bond donors (Lipinski definition) is 0. The summed E-state index contributed by atoms with van der Waals surface area (Å²) >= 11 is 5.65. The van der Waals surface area contributed by atoms with Crippen LogP contribution in [0.5, 0.6) is 0 Å². The molecular weight excluding hydrogens is 260 g/mol. The Morgan fingerprint density at radius 3 is 2.82 bits per heavy atom. The lowest BCUT2D eigenvalue weighted by Crippen LogP contribution is -2.39. The van der Waals surface area contributed by atoms with Crippen LogP contribution >= 0.6 is 11.6 Å². The Morgan fingerprint density at radius 2 is 2.24 bits per heavy atom. The molecule has 0 aliphatic carbocycles. The Hall–Kier alpha value is -0.650. The molecule has 1 aromatic heterocycles. The molecule has 0 saturated carbocycles. The molecule has 1 saturated heterocycles. The van der Waals surface area contributed by atoms with Crippen molar-refractivity contribution in [3.05, 3.63) is 23.5 Å². The average Bonchev–Trinajstić information content (AvgIpc) is 2.29. The third kappa shape index (κ3) is 2.78. The molecule has 2 rings (SSSR count). The molecule has 0 spiro atoms. The van der Waals surface area contributed by atoms with E-state index in [1.807, 2.05) is 0 Å². The molecule has 94 valence electrons. The van der Waals surface area contributed by atoms with E-state index in [0.29, 0.717) is 24.2 Å². The van der Waals surface area contributed by atoms with Crippen LogP contribution in [0, 0.1) is 5.92 Å². The van der Waals surface area contributed by atoms with Crippen molar-refractivity contribution in [2.45, 2.75) is 24.7 Å². The Kier molecular flexibility index (Phi) is 3.70. The topological polar surface area (TPSA) is 50.3 Å². The van der Waals surface area contributed by atoms with Crippen molar-refractivity contribution in [2.24, 2.45) is 5.92 Å². The molecule has 0 radical (unpaired) electrons. The van der Waals surface area contributed by atoms with Crippen LogP contribution in [0.4, 0.5) is 0 Å². The molecule has 0 amide bonds. The smallest absolute Gasteiger partial charge is 0.243 e. The van der Waals surface area contributed by atoms with Crippen molar-refractivity contribution in [3.63, 3.8) is 0 Å². The van der Waals surface area contributed by atoms with Gasteiger partial charge in [0.2, 0.25) is 10.0 Å². The van der Waals surface area contributed by atoms with E-state index in [1.54, 1.807) is 0 Å². The maximum Gasteiger partial charge on any atom is 0.244 e. The summed E-state index contributed by atoms with van der Waals surface area (Å²) in [5, 5.41) is 0.302. The van der Waals surface area contributed by atoms with Gasteiger partial charge in [-0.05, 0) is 30.9 Å². The molecule has 2 heterocycles. The molecule has 0 N–H and O–H groups in total. The molecule has 0 unspecified atom stereocenters. The molecule has 1 atom stereocenters. The van der Waals surface area contributed by atoms with E-state index in [1.165, 1.54) is 22.6 Å². The van der Waals surface area contributed by atoms with E-state index in [9.17, 15) is 8.42 Å². The summed E-state index contributed by atoms with van der Waals surface area (Å²) in [6, 6.07) is 3.01. The molecule has 1 fully saturated rings. The van der Waals surface area contributed by atoms with Crippen molar-refractivity contribution < 1.29 is 8.42 Å². The maximum atomic E-state index is 12.3. The number of pyridine rings is 1. The summed E-state index contributed by atoms with van der Waals surface area (Å²) in [6.45, 7) is 3.25. The lowest BCUT2D eigenvalue weighted by atomic mass is 10.0. The summed E-state index contributed by atoms with van der Waals surface area (Å²) in [5.41, 5.74) is 0. The summed E-state index contributed by atoms with van der Waals surface area (Å²) < 4.78 is 26.1. The average molecular weight is 275 g/mol. The Morgan fingerprint density at radius 1 is 1.47 bits per heavy atom. The predicted octanol–water partition coefficient (Wildman–Crippen LogP) is 2.16. The molecule has 1 aliphatic heterocycles. The number of hydrogen-bond acceptors (Lipinski definition) is 3. The van der Waals surface area contributed by atoms with Gasteiger partial charge < -0.3 is 0 Å². The van der Waals surface area contributed by atoms with Crippen molar-refractivity contribution in [1.29, 1.82) is 0 Å². The first kappa shape index (κ1) is 12.8. The highest BCUT2D eigenvalue weighted by atomic mass is 35.5. The predicted molar refractivity (Wildman–Crippen MR) is 66.4 cm³/mol. The van der Waals surface area contributed by atoms with Gasteiger partial charge >= 0.3 is 0 Å². The third-order valence-corrected chi connectivity index (χ3v) is 5.03. The zero-order valence-corrected chi connectivity index (χ0v) is 11.2. The van der Waals surface area contributed by atoms with Gasteiger partial charge in [0.25, 0.3) is 0 Å². The van der Waals surface area contributed by atoms with Gasteiger partial charge in [0.05, 0.1) is 0 Å². The molecular formula is C11H15ClN2O2S. The third-order valence-electron chi connectivity index (χ3n) is 2.96. The van der Waals surface area contributed by atoms with Gasteiger partial charge in [-0.2, -0.15) is 4.31 Å². The quantitative estimate of drug-likeness (QED) is 0.777. The van der Waals surface area contributed by atoms with Crippen molar-refractivity contribution in [3.8, 4) is 0 Å². The minimum absolute atomic E-state index is 0.219. The molecule has 6 heteroatoms. The summed E-state index contributed by atoms with van der Waals surface area (Å²) in [5.74, 6) is 0.416. The Labute approximate surface area is 107 Å². The van der Waals surface area contributed by atoms with Crippen LogP contribution in [-0.4, -0.2) is 30.8 Å². The summed E-state index contributed by atoms with van der Waals surface area (Å²) in [6.07, 6.45) is 3.32. The van der Waals surface area contributed by atoms with E-state index in [0.717, 1.165) is 12.8 Å². The number of piperidine rings is 1. The van der Waals surface area contributed by atoms with Crippen LogP contribution in [0.15, 0.2) is 23.2 Å². The number of halogens is 1. The van der Waals surface area contributed by atoms with Crippen LogP contribution < -0.4 is 0 Å². The second kappa shape index (κ2) is 4.92. The van der Waals surface area contributed by atoms with Crippen molar-refractivity contribution in [2.75, 3.05) is 13.1 Å². The van der Waals surface area contributed by atoms with Gasteiger partial charge in [-0.1, -0.05) is 18.5 Å². The number of nitrogens with zero attached hydrogens (tertiary/aromatic N) is 2. The minimum Gasteiger partial charge on any atom is -0.243 e. The van der Waals surface area contributed by atoms with Crippen LogP contribution in [0.25, 0.3) is 0 Å². The van der Waals surface area contributed by atoms with Gasteiger partial charge in [0, 0.05) is 19.3 Å². The minimum atomic E-state index is -3.40. The highest BCUT2D eigenvalue weighted by molar-refractivity contribution is 7.89. The second-order valence-corrected chi connectivity index (χ2v) is 6.75. The fraction of sp³-hybridized carbons (Fsp3) is 0.545. The Bertz CT molecular complexity index is 487. The lowest BCUT2D eigenvalue weighted by molar-refractivity contribution is 0.281. The summed E-state index contributed by atoms with van der Waals surface area (Å²) in [7, 11) is -3.40. The number of aromatic nitrogens is 1. The van der Waals surface area contributed by atoms with Gasteiger partial charge in [0.1, 0.15) is 10.0 Å². The largest absolute Gasteiger partial charge is 0.244 e. The number of rotatable bonds is 2. The van der Waals surface area contributed by atoms with Crippen molar-refractivity contribution >= 4 is 21.6 Å². The molecule has 0 aromatic carbocycles. The zero-order valence-electron chi connectivity index (χ0n) is 9.63. The van der Waals surface area contributed by atoms with Crippen LogP contribution in [0.3, 0.4) is 0 Å². The van der Waals surface area contributed by atoms with Gasteiger partial charge in [-0.15, -0.1) is 0 Å². The standard InChI is InChI=1S/C11H15ClN2O2S/c1-9-3-2-6-14(8-9)17(15,16)10-4-5-11(12)13-7-10/h4-5,7,9H,2-3,6,8H2,1H3/t9-/m0/s1. The molecule has 4 nitrogen and oxygen atoms in total. The highest BCUT2D eigenvalue weighted by Gasteiger charge is 2.28. The molecule has 0 bridgehead atoms. The van der Waals surface area contributed by atoms with Crippen molar-refractivity contribution in [1.82, 2.24) is 9.29 Å². The molecule has 1 aliphatic rings. The normalized spacial score (nSPS) is 22.6. The van der Waals surface area contributed by atoms with Gasteiger partial charge in [-0.3, -0.25) is 0 Å². The SMILES string of the molecule is C[C@H]1CCCN(S(=O)(=O)c2ccc(Cl)nc2)C1. The van der Waals surface area contributed by atoms with E-state index < -0.39 is 10.0 Å². The fourth-order valence-electron chi connectivity index (χ4n) is 2.03. The molecule has 17 heavy (non-hydrogen) atoms. The van der Waals surface area contributed by atoms with Crippen LogP contribution in [0.2, 0.25) is 5.15 Å². The molecule has 1 aromatic rings. The number of sulfonamides is 1.